The largest absolute Gasteiger partial charge is 0.347 e. The first-order valence-electron chi connectivity index (χ1n) is 8.78. The van der Waals surface area contributed by atoms with Crippen molar-refractivity contribution in [2.75, 3.05) is 0 Å². The number of rotatable bonds is 4. The van der Waals surface area contributed by atoms with E-state index < -0.39 is 0 Å². The highest BCUT2D eigenvalue weighted by atomic mass is 16.2. The summed E-state index contributed by atoms with van der Waals surface area (Å²) >= 11 is 0. The summed E-state index contributed by atoms with van der Waals surface area (Å²) in [4.78, 5) is 31.4. The van der Waals surface area contributed by atoms with E-state index in [-0.39, 0.29) is 23.9 Å². The lowest BCUT2D eigenvalue weighted by Gasteiger charge is -2.41. The summed E-state index contributed by atoms with van der Waals surface area (Å²) in [5.41, 5.74) is 1.61. The molecule has 1 aromatic carbocycles. The molecule has 2 atom stereocenters. The van der Waals surface area contributed by atoms with Gasteiger partial charge in [0.15, 0.2) is 0 Å². The van der Waals surface area contributed by atoms with E-state index >= 15 is 0 Å². The van der Waals surface area contributed by atoms with Crippen molar-refractivity contribution in [2.45, 2.75) is 43.8 Å². The summed E-state index contributed by atoms with van der Waals surface area (Å²) in [5.74, 6) is 0.0850. The Balaban J connectivity index is 1.64. The summed E-state index contributed by atoms with van der Waals surface area (Å²) in [6, 6.07) is 9.24. The molecule has 0 spiro atoms. The van der Waals surface area contributed by atoms with Crippen LogP contribution < -0.4 is 5.32 Å². The number of likely N-dealkylation sites (tertiary alicyclic amines) is 1. The van der Waals surface area contributed by atoms with Gasteiger partial charge in [-0.3, -0.25) is 9.59 Å². The van der Waals surface area contributed by atoms with E-state index in [1.165, 1.54) is 0 Å². The number of carbonyl (C=O) groups is 2. The summed E-state index contributed by atoms with van der Waals surface area (Å²) in [5, 5.41) is 3.16. The molecule has 1 aromatic heterocycles. The molecule has 2 fully saturated rings. The first-order chi connectivity index (χ1) is 12.1. The van der Waals surface area contributed by atoms with Crippen LogP contribution in [0.15, 0.2) is 42.9 Å². The van der Waals surface area contributed by atoms with Gasteiger partial charge >= 0.3 is 0 Å². The zero-order valence-corrected chi connectivity index (χ0v) is 14.3. The third-order valence-electron chi connectivity index (χ3n) is 5.09. The van der Waals surface area contributed by atoms with Gasteiger partial charge in [-0.15, -0.1) is 0 Å². The summed E-state index contributed by atoms with van der Waals surface area (Å²) in [6.07, 6.45) is 6.76. The molecule has 2 amide bonds. The van der Waals surface area contributed by atoms with Crippen molar-refractivity contribution in [1.29, 1.82) is 0 Å². The van der Waals surface area contributed by atoms with E-state index in [4.69, 9.17) is 0 Å². The van der Waals surface area contributed by atoms with E-state index in [2.05, 4.69) is 10.3 Å². The number of imidazole rings is 1. The predicted octanol–water partition coefficient (Wildman–Crippen LogP) is 2.04. The minimum absolute atomic E-state index is 0.0946. The fourth-order valence-electron chi connectivity index (χ4n) is 3.69. The second kappa shape index (κ2) is 6.35. The number of benzene rings is 1. The van der Waals surface area contributed by atoms with Crippen LogP contribution in [0.2, 0.25) is 0 Å². The average molecular weight is 338 g/mol. The van der Waals surface area contributed by atoms with Crippen molar-refractivity contribution in [1.82, 2.24) is 19.8 Å². The van der Waals surface area contributed by atoms with Crippen LogP contribution in [-0.2, 0) is 11.8 Å². The Morgan fingerprint density at radius 3 is 2.60 bits per heavy atom. The molecule has 0 unspecified atom stereocenters. The molecule has 0 radical (unpaired) electrons. The van der Waals surface area contributed by atoms with Gasteiger partial charge in [0, 0.05) is 25.1 Å². The normalized spacial score (nSPS) is 23.6. The van der Waals surface area contributed by atoms with Gasteiger partial charge in [0.1, 0.15) is 0 Å². The van der Waals surface area contributed by atoms with Gasteiger partial charge in [-0.1, -0.05) is 18.2 Å². The molecule has 1 aliphatic carbocycles. The summed E-state index contributed by atoms with van der Waals surface area (Å²) < 4.78 is 1.94. The Labute approximate surface area is 146 Å². The van der Waals surface area contributed by atoms with Gasteiger partial charge in [-0.25, -0.2) is 4.98 Å². The number of piperidine rings is 1. The van der Waals surface area contributed by atoms with Crippen molar-refractivity contribution < 1.29 is 9.59 Å². The van der Waals surface area contributed by atoms with Gasteiger partial charge in [-0.2, -0.15) is 0 Å². The van der Waals surface area contributed by atoms with E-state index in [9.17, 15) is 9.59 Å². The van der Waals surface area contributed by atoms with Crippen LogP contribution in [0.3, 0.4) is 0 Å². The molecular weight excluding hydrogens is 316 g/mol. The van der Waals surface area contributed by atoms with Crippen LogP contribution in [0, 0.1) is 0 Å². The molecule has 0 bridgehead atoms. The molecule has 6 nitrogen and oxygen atoms in total. The Hall–Kier alpha value is -2.63. The number of hydrogen-bond acceptors (Lipinski definition) is 3. The predicted molar refractivity (Wildman–Crippen MR) is 92.7 cm³/mol. The Morgan fingerprint density at radius 2 is 1.96 bits per heavy atom. The van der Waals surface area contributed by atoms with Crippen molar-refractivity contribution in [3.8, 4) is 0 Å². The van der Waals surface area contributed by atoms with Gasteiger partial charge in [-0.05, 0) is 31.4 Å². The van der Waals surface area contributed by atoms with Crippen LogP contribution in [0.1, 0.15) is 47.8 Å². The van der Waals surface area contributed by atoms with Gasteiger partial charge in [0.25, 0.3) is 5.91 Å². The average Bonchev–Trinajstić information content (AvgIpc) is 3.38. The molecule has 2 heterocycles. The van der Waals surface area contributed by atoms with Crippen LogP contribution in [0.4, 0.5) is 0 Å². The van der Waals surface area contributed by atoms with Crippen molar-refractivity contribution in [2.24, 2.45) is 7.05 Å². The lowest BCUT2D eigenvalue weighted by Crippen LogP contribution is -2.53. The monoisotopic (exact) mass is 338 g/mol. The van der Waals surface area contributed by atoms with Crippen LogP contribution in [0.25, 0.3) is 0 Å². The molecular formula is C19H22N4O2. The lowest BCUT2D eigenvalue weighted by atomic mass is 9.92. The maximum atomic E-state index is 12.6. The van der Waals surface area contributed by atoms with Crippen molar-refractivity contribution in [3.05, 3.63) is 54.1 Å². The number of carbonyl (C=O) groups excluding carboxylic acids is 2. The third-order valence-corrected chi connectivity index (χ3v) is 5.09. The Bertz CT molecular complexity index is 782. The molecule has 25 heavy (non-hydrogen) atoms. The van der Waals surface area contributed by atoms with Gasteiger partial charge in [0.2, 0.25) is 5.91 Å². The highest BCUT2D eigenvalue weighted by molar-refractivity contribution is 5.94. The van der Waals surface area contributed by atoms with Gasteiger partial charge in [0.05, 0.1) is 30.3 Å². The first-order valence-corrected chi connectivity index (χ1v) is 8.78. The molecule has 130 valence electrons. The molecule has 4 rings (SSSR count). The fraction of sp³-hybridized carbons (Fsp3) is 0.421. The number of nitrogens with one attached hydrogen (secondary N) is 1. The van der Waals surface area contributed by atoms with E-state index in [1.807, 2.05) is 34.7 Å². The van der Waals surface area contributed by atoms with Gasteiger partial charge < -0.3 is 14.8 Å². The molecule has 6 heteroatoms. The fourth-order valence-corrected chi connectivity index (χ4v) is 3.69. The summed E-state index contributed by atoms with van der Waals surface area (Å²) in [7, 11) is 1.93. The maximum Gasteiger partial charge on any atom is 0.251 e. The zero-order valence-electron chi connectivity index (χ0n) is 14.3. The number of nitrogens with zero attached hydrogens (tertiary/aromatic N) is 3. The second-order valence-electron chi connectivity index (χ2n) is 6.89. The standard InChI is InChI=1S/C19H22N4O2/c1-22-12-20-11-16(22)18-15(9-10-17(24)23(18)14-7-8-14)21-19(25)13-5-3-2-4-6-13/h2-6,11-12,14-15,18H,7-10H2,1H3,(H,21,25)/t15-,18-/m1/s1. The smallest absolute Gasteiger partial charge is 0.251 e. The highest BCUT2D eigenvalue weighted by Crippen LogP contribution is 2.40. The molecule has 1 saturated carbocycles. The van der Waals surface area contributed by atoms with E-state index in [0.717, 1.165) is 18.5 Å². The van der Waals surface area contributed by atoms with E-state index in [0.29, 0.717) is 24.4 Å². The van der Waals surface area contributed by atoms with Crippen LogP contribution in [-0.4, -0.2) is 38.3 Å². The van der Waals surface area contributed by atoms with Crippen LogP contribution >= 0.6 is 0 Å². The van der Waals surface area contributed by atoms with Crippen molar-refractivity contribution in [3.63, 3.8) is 0 Å². The summed E-state index contributed by atoms with van der Waals surface area (Å²) in [6.45, 7) is 0. The second-order valence-corrected chi connectivity index (χ2v) is 6.89. The van der Waals surface area contributed by atoms with E-state index in [1.54, 1.807) is 24.7 Å². The van der Waals surface area contributed by atoms with Crippen molar-refractivity contribution >= 4 is 11.8 Å². The molecule has 1 saturated heterocycles. The molecule has 1 N–H and O–H groups in total. The molecule has 2 aliphatic rings. The third kappa shape index (κ3) is 3.04. The Morgan fingerprint density at radius 1 is 1.20 bits per heavy atom. The maximum absolute atomic E-state index is 12.6. The van der Waals surface area contributed by atoms with Crippen LogP contribution in [0.5, 0.6) is 0 Å². The topological polar surface area (TPSA) is 67.2 Å². The number of aryl methyl sites for hydroxylation is 1. The lowest BCUT2D eigenvalue weighted by molar-refractivity contribution is -0.138. The molecule has 2 aromatic rings. The number of hydrogen-bond donors (Lipinski definition) is 1. The quantitative estimate of drug-likeness (QED) is 0.928. The molecule has 1 aliphatic heterocycles. The minimum atomic E-state index is -0.158. The highest BCUT2D eigenvalue weighted by Gasteiger charge is 2.45. The Kier molecular flexibility index (Phi) is 4.03. The number of amides is 2. The zero-order chi connectivity index (χ0) is 17.4. The first kappa shape index (κ1) is 15.9. The SMILES string of the molecule is Cn1cncc1[C@H]1[C@H](NC(=O)c2ccccc2)CCC(=O)N1C1CC1. The minimum Gasteiger partial charge on any atom is -0.347 e. The number of aromatic nitrogens is 2.